The fourth-order valence-electron chi connectivity index (χ4n) is 2.62. The number of likely N-dealkylation sites (tertiary alicyclic amines) is 1. The van der Waals surface area contributed by atoms with Crippen molar-refractivity contribution in [1.82, 2.24) is 4.90 Å². The second kappa shape index (κ2) is 6.51. The fraction of sp³-hybridized carbons (Fsp3) is 0.467. The normalized spacial score (nSPS) is 21.5. The minimum absolute atomic E-state index is 0.0597. The number of carbonyl (C=O) groups is 2. The van der Waals surface area contributed by atoms with Gasteiger partial charge in [0, 0.05) is 17.6 Å². The Balaban J connectivity index is 2.11. The van der Waals surface area contributed by atoms with Gasteiger partial charge in [0.05, 0.1) is 18.3 Å². The maximum atomic E-state index is 12.9. The van der Waals surface area contributed by atoms with Gasteiger partial charge in [0.15, 0.2) is 0 Å². The largest absolute Gasteiger partial charge is 0.481 e. The van der Waals surface area contributed by atoms with Crippen LogP contribution in [-0.4, -0.2) is 41.1 Å². The number of halogens is 4. The highest BCUT2D eigenvalue weighted by atomic mass is 79.9. The summed E-state index contributed by atoms with van der Waals surface area (Å²) in [5.41, 5.74) is 1.64. The van der Waals surface area contributed by atoms with Crippen molar-refractivity contribution < 1.29 is 27.9 Å². The number of benzene rings is 1. The van der Waals surface area contributed by atoms with Crippen molar-refractivity contribution in [2.24, 2.45) is 11.8 Å². The summed E-state index contributed by atoms with van der Waals surface area (Å²) in [6.07, 6.45) is -4.69. The minimum atomic E-state index is -4.63. The fourth-order valence-corrected chi connectivity index (χ4v) is 3.05. The zero-order valence-electron chi connectivity index (χ0n) is 12.2. The molecule has 1 fully saturated rings. The molecule has 0 unspecified atom stereocenters. The third-order valence-electron chi connectivity index (χ3n) is 4.00. The molecule has 23 heavy (non-hydrogen) atoms. The Morgan fingerprint density at radius 3 is 2.48 bits per heavy atom. The van der Waals surface area contributed by atoms with E-state index < -0.39 is 43.0 Å². The van der Waals surface area contributed by atoms with Crippen LogP contribution in [0, 0.1) is 18.8 Å². The Morgan fingerprint density at radius 2 is 2.00 bits per heavy atom. The van der Waals surface area contributed by atoms with Crippen molar-refractivity contribution in [2.45, 2.75) is 19.5 Å². The van der Waals surface area contributed by atoms with E-state index >= 15 is 0 Å². The molecule has 1 N–H and O–H groups in total. The molecule has 1 aromatic rings. The lowest BCUT2D eigenvalue weighted by atomic mass is 9.96. The van der Waals surface area contributed by atoms with Crippen LogP contribution in [0.5, 0.6) is 0 Å². The number of hydrogen-bond acceptors (Lipinski definition) is 2. The summed E-state index contributed by atoms with van der Waals surface area (Å²) in [4.78, 5) is 24.2. The smallest absolute Gasteiger partial charge is 0.394 e. The summed E-state index contributed by atoms with van der Waals surface area (Å²) >= 11 is 3.33. The van der Waals surface area contributed by atoms with E-state index in [1.54, 1.807) is 18.2 Å². The number of hydrogen-bond donors (Lipinski definition) is 1. The molecule has 2 atom stereocenters. The Bertz CT molecular complexity index is 633. The van der Waals surface area contributed by atoms with Crippen LogP contribution in [0.2, 0.25) is 0 Å². The highest BCUT2D eigenvalue weighted by Crippen LogP contribution is 2.37. The van der Waals surface area contributed by atoms with Crippen LogP contribution in [0.1, 0.15) is 11.1 Å². The Kier molecular flexibility index (Phi) is 5.03. The molecule has 1 saturated heterocycles. The van der Waals surface area contributed by atoms with Crippen LogP contribution in [0.3, 0.4) is 0 Å². The lowest BCUT2D eigenvalue weighted by Gasteiger charge is -2.18. The van der Waals surface area contributed by atoms with E-state index in [-0.39, 0.29) is 6.42 Å². The van der Waals surface area contributed by atoms with Gasteiger partial charge in [-0.2, -0.15) is 13.2 Å². The van der Waals surface area contributed by atoms with Gasteiger partial charge < -0.3 is 10.0 Å². The van der Waals surface area contributed by atoms with E-state index in [9.17, 15) is 22.8 Å². The van der Waals surface area contributed by atoms with Gasteiger partial charge in [-0.3, -0.25) is 9.59 Å². The summed E-state index contributed by atoms with van der Waals surface area (Å²) in [6, 6.07) is 5.26. The van der Waals surface area contributed by atoms with Crippen molar-refractivity contribution >= 4 is 27.8 Å². The summed E-state index contributed by atoms with van der Waals surface area (Å²) < 4.78 is 39.6. The zero-order valence-corrected chi connectivity index (χ0v) is 13.8. The number of aliphatic carboxylic acids is 1. The number of alkyl halides is 3. The second-order valence-electron chi connectivity index (χ2n) is 5.65. The van der Waals surface area contributed by atoms with Crippen molar-refractivity contribution in [1.29, 1.82) is 0 Å². The van der Waals surface area contributed by atoms with Gasteiger partial charge in [0.25, 0.3) is 0 Å². The highest BCUT2D eigenvalue weighted by Gasteiger charge is 2.53. The van der Waals surface area contributed by atoms with Gasteiger partial charge in [-0.25, -0.2) is 0 Å². The molecular formula is C15H15BrF3NO3. The van der Waals surface area contributed by atoms with E-state index in [1.807, 2.05) is 6.92 Å². The summed E-state index contributed by atoms with van der Waals surface area (Å²) in [5, 5.41) is 8.96. The molecule has 126 valence electrons. The molecule has 0 aromatic heterocycles. The molecule has 0 saturated carbocycles. The number of nitrogens with zero attached hydrogens (tertiary/aromatic N) is 1. The molecular weight excluding hydrogens is 379 g/mol. The molecule has 0 radical (unpaired) electrons. The van der Waals surface area contributed by atoms with E-state index in [0.717, 1.165) is 14.9 Å². The molecule has 1 aliphatic rings. The summed E-state index contributed by atoms with van der Waals surface area (Å²) in [7, 11) is 0. The quantitative estimate of drug-likeness (QED) is 0.858. The highest BCUT2D eigenvalue weighted by molar-refractivity contribution is 9.10. The van der Waals surface area contributed by atoms with Gasteiger partial charge in [0.2, 0.25) is 5.91 Å². The maximum absolute atomic E-state index is 12.9. The Morgan fingerprint density at radius 1 is 1.35 bits per heavy atom. The average molecular weight is 394 g/mol. The number of carboxylic acids is 1. The van der Waals surface area contributed by atoms with E-state index in [4.69, 9.17) is 5.11 Å². The van der Waals surface area contributed by atoms with Crippen molar-refractivity contribution in [3.63, 3.8) is 0 Å². The van der Waals surface area contributed by atoms with Crippen molar-refractivity contribution in [2.75, 3.05) is 13.1 Å². The van der Waals surface area contributed by atoms with Crippen molar-refractivity contribution in [3.8, 4) is 0 Å². The standard InChI is InChI=1S/C15H15BrF3NO3/c1-8-2-3-9(4-12(8)16)5-13(21)20-6-10(14(22)23)11(7-20)15(17,18)19/h2-4,10-11H,5-7H2,1H3,(H,22,23)/t10-,11-/m1/s1. The number of rotatable bonds is 3. The van der Waals surface area contributed by atoms with Gasteiger partial charge in [-0.15, -0.1) is 0 Å². The summed E-state index contributed by atoms with van der Waals surface area (Å²) in [5.74, 6) is -5.66. The van der Waals surface area contributed by atoms with Gasteiger partial charge in [0.1, 0.15) is 0 Å². The molecule has 8 heteroatoms. The van der Waals surface area contributed by atoms with E-state index in [1.165, 1.54) is 0 Å². The number of amides is 1. The maximum Gasteiger partial charge on any atom is 0.394 e. The molecule has 0 aliphatic carbocycles. The lowest BCUT2D eigenvalue weighted by molar-refractivity contribution is -0.188. The average Bonchev–Trinajstić information content (AvgIpc) is 2.88. The van der Waals surface area contributed by atoms with Crippen LogP contribution in [0.25, 0.3) is 0 Å². The third kappa shape index (κ3) is 4.04. The third-order valence-corrected chi connectivity index (χ3v) is 4.86. The van der Waals surface area contributed by atoms with E-state index in [2.05, 4.69) is 15.9 Å². The number of carboxylic acid groups (broad SMARTS) is 1. The van der Waals surface area contributed by atoms with Crippen LogP contribution in [0.4, 0.5) is 13.2 Å². The zero-order chi connectivity index (χ0) is 17.4. The molecule has 0 spiro atoms. The summed E-state index contributed by atoms with van der Waals surface area (Å²) in [6.45, 7) is 0.860. The van der Waals surface area contributed by atoms with Gasteiger partial charge in [-0.05, 0) is 24.1 Å². The number of carbonyl (C=O) groups excluding carboxylic acids is 1. The Hall–Kier alpha value is -1.57. The topological polar surface area (TPSA) is 57.6 Å². The van der Waals surface area contributed by atoms with Crippen LogP contribution in [0.15, 0.2) is 22.7 Å². The van der Waals surface area contributed by atoms with Gasteiger partial charge >= 0.3 is 12.1 Å². The van der Waals surface area contributed by atoms with Gasteiger partial charge in [-0.1, -0.05) is 28.1 Å². The molecule has 1 amide bonds. The van der Waals surface area contributed by atoms with Crippen LogP contribution < -0.4 is 0 Å². The van der Waals surface area contributed by atoms with E-state index in [0.29, 0.717) is 5.56 Å². The monoisotopic (exact) mass is 393 g/mol. The molecule has 0 bridgehead atoms. The van der Waals surface area contributed by atoms with Crippen LogP contribution >= 0.6 is 15.9 Å². The first-order valence-electron chi connectivity index (χ1n) is 6.92. The second-order valence-corrected chi connectivity index (χ2v) is 6.51. The van der Waals surface area contributed by atoms with Crippen molar-refractivity contribution in [3.05, 3.63) is 33.8 Å². The first kappa shape index (κ1) is 17.8. The first-order chi connectivity index (χ1) is 10.6. The molecule has 4 nitrogen and oxygen atoms in total. The minimum Gasteiger partial charge on any atom is -0.481 e. The SMILES string of the molecule is Cc1ccc(CC(=O)N2C[C@@H](C(F)(F)F)[C@H](C(=O)O)C2)cc1Br. The predicted octanol–water partition coefficient (Wildman–Crippen LogP) is 3.02. The lowest BCUT2D eigenvalue weighted by Crippen LogP contribution is -2.34. The predicted molar refractivity (Wildman–Crippen MR) is 79.8 cm³/mol. The Labute approximate surface area is 139 Å². The number of aryl methyl sites for hydroxylation is 1. The molecule has 2 rings (SSSR count). The molecule has 1 aromatic carbocycles. The molecule has 1 heterocycles. The van der Waals surface area contributed by atoms with Crippen LogP contribution in [-0.2, 0) is 16.0 Å². The molecule has 1 aliphatic heterocycles. The first-order valence-corrected chi connectivity index (χ1v) is 7.71.